The number of fused-ring (bicyclic) bond motifs is 4. The van der Waals surface area contributed by atoms with Crippen LogP contribution in [0.3, 0.4) is 0 Å². The summed E-state index contributed by atoms with van der Waals surface area (Å²) in [7, 11) is 0. The van der Waals surface area contributed by atoms with E-state index in [0.29, 0.717) is 135 Å². The molecule has 8 aromatic carbocycles. The summed E-state index contributed by atoms with van der Waals surface area (Å²) in [5.74, 6) is -0.806. The van der Waals surface area contributed by atoms with Crippen LogP contribution in [-0.2, 0) is 78.8 Å². The van der Waals surface area contributed by atoms with E-state index in [-0.39, 0.29) is 92.1 Å². The van der Waals surface area contributed by atoms with Crippen LogP contribution in [0.15, 0.2) is 206 Å². The number of hydrogen-bond donors (Lipinski definition) is 0. The van der Waals surface area contributed by atoms with Gasteiger partial charge in [0.05, 0.1) is 80.7 Å². The molecular formula is C85H82F6N12O8. The summed E-state index contributed by atoms with van der Waals surface area (Å²) in [5, 5.41) is 18.0. The molecule has 572 valence electrons. The number of aromatic nitrogens is 8. The smallest absolute Gasteiger partial charge is 0.257 e. The van der Waals surface area contributed by atoms with E-state index in [9.17, 15) is 45.5 Å². The molecule has 0 fully saturated rings. The highest BCUT2D eigenvalue weighted by molar-refractivity contribution is 5.96. The van der Waals surface area contributed by atoms with Gasteiger partial charge in [-0.1, -0.05) is 73.2 Å². The highest BCUT2D eigenvalue weighted by atomic mass is 19.1. The van der Waals surface area contributed by atoms with E-state index in [0.717, 1.165) is 50.9 Å². The zero-order valence-corrected chi connectivity index (χ0v) is 60.8. The van der Waals surface area contributed by atoms with Crippen LogP contribution in [-0.4, -0.2) is 109 Å². The molecule has 0 saturated heterocycles. The maximum absolute atomic E-state index is 14.1. The van der Waals surface area contributed by atoms with E-state index < -0.39 is 5.82 Å². The van der Waals surface area contributed by atoms with Crippen LogP contribution < -0.4 is 18.9 Å². The largest absolute Gasteiger partial charge is 0.487 e. The molecule has 8 heterocycles. The number of carbonyl (C=O) groups is 4. The number of rotatable bonds is 16. The summed E-state index contributed by atoms with van der Waals surface area (Å²) in [5.41, 5.74) is 12.0. The number of aryl methyl sites for hydroxylation is 4. The molecule has 0 N–H and O–H groups in total. The number of ether oxygens (including phenoxy) is 4. The SMILES string of the molecule is C.Cc1cc(C(=O)N2CCn3nc(COc4cccc(F)c4)cc3C2)ccc1F.Cc1ccc(C(=O)N2CCn3nc(COc4cccc(F)c4)cc3C2)c(F)c1.Cc1ccc(C(=O)N2CCn3nc(COc4cccc(F)c4)cc3C2)cc1.Cc1cccc(C(=O)N2CCn3nc(COc4cccc(F)c4)cc3C2)c1. The molecule has 4 aliphatic heterocycles. The Morgan fingerprint density at radius 2 is 0.640 bits per heavy atom. The molecule has 0 bridgehead atoms. The van der Waals surface area contributed by atoms with Crippen molar-refractivity contribution < 1.29 is 64.5 Å². The Hall–Kier alpha value is -12.7. The van der Waals surface area contributed by atoms with Crippen molar-refractivity contribution in [3.63, 3.8) is 0 Å². The number of hydrogen-bond acceptors (Lipinski definition) is 12. The van der Waals surface area contributed by atoms with Crippen molar-refractivity contribution in [2.75, 3.05) is 26.2 Å². The molecular weight excluding hydrogens is 1430 g/mol. The van der Waals surface area contributed by atoms with Crippen LogP contribution in [0.5, 0.6) is 23.0 Å². The number of carbonyl (C=O) groups excluding carboxylic acids is 4. The van der Waals surface area contributed by atoms with Gasteiger partial charge in [-0.25, -0.2) is 26.3 Å². The third kappa shape index (κ3) is 20.2. The third-order valence-corrected chi connectivity index (χ3v) is 18.6. The average Bonchev–Trinajstić information content (AvgIpc) is 1.75. The number of halogens is 6. The van der Waals surface area contributed by atoms with Gasteiger partial charge >= 0.3 is 0 Å². The van der Waals surface area contributed by atoms with Crippen molar-refractivity contribution >= 4 is 23.6 Å². The quantitative estimate of drug-likeness (QED) is 0.0834. The van der Waals surface area contributed by atoms with Gasteiger partial charge in [0.15, 0.2) is 0 Å². The van der Waals surface area contributed by atoms with Crippen molar-refractivity contribution in [1.82, 2.24) is 58.7 Å². The molecule has 16 rings (SSSR count). The van der Waals surface area contributed by atoms with Crippen molar-refractivity contribution in [3.05, 3.63) is 331 Å². The lowest BCUT2D eigenvalue weighted by molar-refractivity contribution is 0.0695. The Morgan fingerprint density at radius 3 is 0.991 bits per heavy atom. The molecule has 0 aliphatic carbocycles. The fraction of sp³-hybridized carbons (Fsp3) is 0.247. The van der Waals surface area contributed by atoms with Gasteiger partial charge < -0.3 is 38.5 Å². The number of amides is 4. The predicted octanol–water partition coefficient (Wildman–Crippen LogP) is 15.2. The molecule has 12 aromatic rings. The summed E-state index contributed by atoms with van der Waals surface area (Å²) in [6.45, 7) is 14.7. The van der Waals surface area contributed by atoms with Crippen molar-refractivity contribution in [2.24, 2.45) is 0 Å². The molecule has 0 atom stereocenters. The summed E-state index contributed by atoms with van der Waals surface area (Å²) in [4.78, 5) is 57.9. The van der Waals surface area contributed by atoms with Gasteiger partial charge in [0.1, 0.15) is 107 Å². The number of benzene rings is 8. The van der Waals surface area contributed by atoms with E-state index in [1.165, 1.54) is 72.8 Å². The van der Waals surface area contributed by atoms with Crippen molar-refractivity contribution in [2.45, 2.75) is 114 Å². The van der Waals surface area contributed by atoms with Crippen LogP contribution in [0.1, 0.15) is 117 Å². The van der Waals surface area contributed by atoms with Gasteiger partial charge in [0, 0.05) is 67.1 Å². The first-order chi connectivity index (χ1) is 53.1. The maximum Gasteiger partial charge on any atom is 0.257 e. The Bertz CT molecular complexity index is 5310. The first-order valence-electron chi connectivity index (χ1n) is 35.7. The monoisotopic (exact) mass is 1510 g/mol. The Balaban J connectivity index is 0.000000137. The van der Waals surface area contributed by atoms with E-state index in [2.05, 4.69) is 20.4 Å². The van der Waals surface area contributed by atoms with Crippen LogP contribution in [0.4, 0.5) is 26.3 Å². The first-order valence-corrected chi connectivity index (χ1v) is 35.7. The Labute approximate surface area is 638 Å². The molecule has 0 saturated carbocycles. The fourth-order valence-corrected chi connectivity index (χ4v) is 12.9. The zero-order valence-electron chi connectivity index (χ0n) is 60.8. The summed E-state index contributed by atoms with van der Waals surface area (Å²) in [6, 6.07) is 55.8. The highest BCUT2D eigenvalue weighted by Gasteiger charge is 2.29. The molecule has 0 unspecified atom stereocenters. The van der Waals surface area contributed by atoms with E-state index in [4.69, 9.17) is 18.9 Å². The van der Waals surface area contributed by atoms with Crippen molar-refractivity contribution in [3.8, 4) is 23.0 Å². The van der Waals surface area contributed by atoms with Crippen LogP contribution in [0.2, 0.25) is 0 Å². The lowest BCUT2D eigenvalue weighted by Crippen LogP contribution is -2.38. The molecule has 111 heavy (non-hydrogen) atoms. The second-order valence-electron chi connectivity index (χ2n) is 27.0. The summed E-state index contributed by atoms with van der Waals surface area (Å²) >= 11 is 0. The topological polar surface area (TPSA) is 189 Å². The molecule has 4 aliphatic rings. The number of nitrogens with zero attached hydrogens (tertiary/aromatic N) is 12. The van der Waals surface area contributed by atoms with Gasteiger partial charge in [-0.05, 0) is 166 Å². The molecule has 0 spiro atoms. The van der Waals surface area contributed by atoms with E-state index in [1.807, 2.05) is 115 Å². The maximum atomic E-state index is 14.1. The van der Waals surface area contributed by atoms with E-state index >= 15 is 0 Å². The highest BCUT2D eigenvalue weighted by Crippen LogP contribution is 2.26. The lowest BCUT2D eigenvalue weighted by atomic mass is 10.1. The normalized spacial score (nSPS) is 13.2. The first kappa shape index (κ1) is 77.9. The molecule has 4 amide bonds. The van der Waals surface area contributed by atoms with E-state index in [1.54, 1.807) is 84.3 Å². The molecule has 4 aromatic heterocycles. The summed E-state index contributed by atoms with van der Waals surface area (Å²) in [6.07, 6.45) is 0. The fourth-order valence-electron chi connectivity index (χ4n) is 12.9. The lowest BCUT2D eigenvalue weighted by Gasteiger charge is -2.27. The third-order valence-electron chi connectivity index (χ3n) is 18.6. The van der Waals surface area contributed by atoms with Crippen molar-refractivity contribution in [1.29, 1.82) is 0 Å². The molecule has 20 nitrogen and oxygen atoms in total. The minimum absolute atomic E-state index is 0. The van der Waals surface area contributed by atoms with Gasteiger partial charge in [-0.15, -0.1) is 0 Å². The minimum Gasteiger partial charge on any atom is -0.487 e. The van der Waals surface area contributed by atoms with Gasteiger partial charge in [-0.3, -0.25) is 37.9 Å². The standard InChI is InChI=1S/2C21H19F2N3O2.2C21H20FN3O2.CH4/c1-14-9-15(5-6-20(14)23)21(27)25-7-8-26-18(12-25)11-17(24-26)13-28-19-4-2-3-16(22)10-19;1-14-5-6-19(20(23)9-14)21(27)25-7-8-26-17(12-25)11-16(24-26)13-28-18-4-2-3-15(22)10-18;1-15-4-2-5-16(10-15)21(26)24-8-9-25-19(13-24)12-18(23-25)14-27-20-7-3-6-17(22)11-20;1-15-5-7-16(8-6-15)21(26)24-9-10-25-19(13-24)12-18(23-25)14-27-20-4-2-3-17(22)11-20;/h2*2-6,9-11H,7-8,12-13H2,1H3;2-7,10-12H,8-9,13-14H2,1H3;2-8,11-12H,9-10,13-14H2,1H3;1H4. The van der Waals surface area contributed by atoms with Gasteiger partial charge in [-0.2, -0.15) is 20.4 Å². The van der Waals surface area contributed by atoms with Gasteiger partial charge in [0.25, 0.3) is 23.6 Å². The second-order valence-corrected chi connectivity index (χ2v) is 27.0. The molecule has 0 radical (unpaired) electrons. The average molecular weight is 1510 g/mol. The Kier molecular flexibility index (Phi) is 24.9. The second kappa shape index (κ2) is 35.5. The van der Waals surface area contributed by atoms with Crippen LogP contribution in [0.25, 0.3) is 0 Å². The zero-order chi connectivity index (χ0) is 77.0. The van der Waals surface area contributed by atoms with Crippen LogP contribution >= 0.6 is 0 Å². The van der Waals surface area contributed by atoms with Crippen LogP contribution in [0, 0.1) is 62.6 Å². The molecule has 26 heteroatoms. The minimum atomic E-state index is -0.506. The predicted molar refractivity (Wildman–Crippen MR) is 402 cm³/mol. The Morgan fingerprint density at radius 1 is 0.315 bits per heavy atom. The van der Waals surface area contributed by atoms with Gasteiger partial charge in [0.2, 0.25) is 0 Å². The summed E-state index contributed by atoms with van der Waals surface area (Å²) < 4.78 is 110.